The van der Waals surface area contributed by atoms with Gasteiger partial charge in [-0.2, -0.15) is 0 Å². The molecule has 0 radical (unpaired) electrons. The third-order valence-corrected chi connectivity index (χ3v) is 7.88. The Labute approximate surface area is 232 Å². The van der Waals surface area contributed by atoms with Gasteiger partial charge in [0.25, 0.3) is 0 Å². The first-order valence-electron chi connectivity index (χ1n) is 13.6. The molecule has 1 saturated heterocycles. The molecule has 8 nitrogen and oxygen atoms in total. The number of carbonyl (C=O) groups excluding carboxylic acids is 2. The summed E-state index contributed by atoms with van der Waals surface area (Å²) in [5.74, 6) is -0.245. The number of carboxylic acids is 1. The Bertz CT molecular complexity index is 1590. The van der Waals surface area contributed by atoms with E-state index in [2.05, 4.69) is 4.57 Å². The van der Waals surface area contributed by atoms with Crippen molar-refractivity contribution in [1.82, 2.24) is 14.4 Å². The molecular weight excluding hydrogens is 506 g/mol. The van der Waals surface area contributed by atoms with Crippen LogP contribution in [-0.2, 0) is 35.7 Å². The van der Waals surface area contributed by atoms with Gasteiger partial charge in [-0.15, -0.1) is 0 Å². The second-order valence-corrected chi connectivity index (χ2v) is 10.5. The predicted molar refractivity (Wildman–Crippen MR) is 150 cm³/mol. The van der Waals surface area contributed by atoms with E-state index in [4.69, 9.17) is 4.74 Å². The number of hydrogen-bond donors (Lipinski definition) is 1. The van der Waals surface area contributed by atoms with Gasteiger partial charge in [0.05, 0.1) is 18.7 Å². The number of piperazine rings is 1. The zero-order chi connectivity index (χ0) is 27.8. The number of ether oxygens (including phenoxy) is 1. The first-order chi connectivity index (χ1) is 19.4. The molecule has 0 saturated carbocycles. The number of benzene rings is 3. The molecule has 0 aliphatic carbocycles. The largest absolute Gasteiger partial charge is 0.489 e. The minimum Gasteiger partial charge on any atom is -0.489 e. The highest BCUT2D eigenvalue weighted by molar-refractivity contribution is 5.97. The van der Waals surface area contributed by atoms with E-state index in [1.807, 2.05) is 67.6 Å². The van der Waals surface area contributed by atoms with Crippen molar-refractivity contribution in [3.05, 3.63) is 101 Å². The maximum Gasteiger partial charge on any atom is 0.335 e. The van der Waals surface area contributed by atoms with Crippen molar-refractivity contribution < 1.29 is 24.2 Å². The van der Waals surface area contributed by atoms with Crippen molar-refractivity contribution in [3.8, 4) is 5.75 Å². The number of carboxylic acid groups (broad SMARTS) is 1. The van der Waals surface area contributed by atoms with E-state index in [0.717, 1.165) is 45.5 Å². The van der Waals surface area contributed by atoms with E-state index in [0.29, 0.717) is 32.7 Å². The average molecular weight is 538 g/mol. The third kappa shape index (κ3) is 4.70. The molecule has 2 amide bonds. The van der Waals surface area contributed by atoms with Crippen LogP contribution in [0.5, 0.6) is 5.75 Å². The third-order valence-electron chi connectivity index (χ3n) is 7.88. The van der Waals surface area contributed by atoms with Crippen LogP contribution in [0, 0.1) is 0 Å². The number of aromatic carboxylic acids is 1. The maximum absolute atomic E-state index is 13.4. The topological polar surface area (TPSA) is 92.1 Å². The van der Waals surface area contributed by atoms with Crippen molar-refractivity contribution >= 4 is 28.7 Å². The Hall–Kier alpha value is -4.59. The first kappa shape index (κ1) is 25.7. The highest BCUT2D eigenvalue weighted by atomic mass is 16.5. The van der Waals surface area contributed by atoms with Gasteiger partial charge in [0.1, 0.15) is 18.4 Å². The fourth-order valence-corrected chi connectivity index (χ4v) is 5.87. The van der Waals surface area contributed by atoms with Crippen molar-refractivity contribution in [3.63, 3.8) is 0 Å². The Balaban J connectivity index is 1.40. The minimum atomic E-state index is -0.963. The SMILES string of the molecule is CCCN1CC(=O)N2Cc3c(c4cc(OCc5ccccc5)ccc4n3Cc3ccc(C(=O)O)cc3)CC2C1=O. The number of fused-ring (bicyclic) bond motifs is 4. The maximum atomic E-state index is 13.4. The van der Waals surface area contributed by atoms with Crippen LogP contribution in [0.3, 0.4) is 0 Å². The standard InChI is InChI=1S/C32H31N3O5/c1-2-14-33-19-30(36)35-18-29-26(16-28(35)31(33)37)25-15-24(40-20-22-6-4-3-5-7-22)12-13-27(25)34(29)17-21-8-10-23(11-9-21)32(38)39/h3-13,15,28H,2,14,16-20H2,1H3,(H,38,39). The molecule has 6 rings (SSSR count). The Kier molecular flexibility index (Phi) is 6.76. The van der Waals surface area contributed by atoms with Gasteiger partial charge in [0, 0.05) is 36.1 Å². The van der Waals surface area contributed by atoms with Crippen LogP contribution >= 0.6 is 0 Å². The summed E-state index contributed by atoms with van der Waals surface area (Å²) in [6.45, 7) is 4.02. The Morgan fingerprint density at radius 2 is 1.75 bits per heavy atom. The number of carbonyl (C=O) groups is 3. The van der Waals surface area contributed by atoms with Crippen LogP contribution in [0.1, 0.15) is 46.1 Å². The molecule has 3 heterocycles. The zero-order valence-corrected chi connectivity index (χ0v) is 22.4. The Morgan fingerprint density at radius 1 is 0.975 bits per heavy atom. The van der Waals surface area contributed by atoms with Crippen LogP contribution in [0.15, 0.2) is 72.8 Å². The van der Waals surface area contributed by atoms with Gasteiger partial charge < -0.3 is 24.2 Å². The highest BCUT2D eigenvalue weighted by Crippen LogP contribution is 2.37. The molecule has 1 fully saturated rings. The van der Waals surface area contributed by atoms with E-state index in [-0.39, 0.29) is 23.9 Å². The van der Waals surface area contributed by atoms with Crippen LogP contribution in [0.4, 0.5) is 0 Å². The average Bonchev–Trinajstić information content (AvgIpc) is 3.26. The molecule has 1 aromatic heterocycles. The van der Waals surface area contributed by atoms with Gasteiger partial charge in [0.2, 0.25) is 11.8 Å². The molecule has 0 spiro atoms. The van der Waals surface area contributed by atoms with Gasteiger partial charge in [-0.25, -0.2) is 4.79 Å². The summed E-state index contributed by atoms with van der Waals surface area (Å²) in [7, 11) is 0. The van der Waals surface area contributed by atoms with Crippen LogP contribution in [0.25, 0.3) is 10.9 Å². The predicted octanol–water partition coefficient (Wildman–Crippen LogP) is 4.47. The van der Waals surface area contributed by atoms with Crippen LogP contribution in [-0.4, -0.2) is 56.4 Å². The fraction of sp³-hybridized carbons (Fsp3) is 0.281. The van der Waals surface area contributed by atoms with Gasteiger partial charge >= 0.3 is 5.97 Å². The summed E-state index contributed by atoms with van der Waals surface area (Å²) in [4.78, 5) is 41.3. The summed E-state index contributed by atoms with van der Waals surface area (Å²) in [5, 5.41) is 10.3. The molecule has 3 aromatic carbocycles. The molecule has 1 atom stereocenters. The van der Waals surface area contributed by atoms with Crippen molar-refractivity contribution in [2.75, 3.05) is 13.1 Å². The number of aromatic nitrogens is 1. The molecule has 40 heavy (non-hydrogen) atoms. The van der Waals surface area contributed by atoms with E-state index in [1.165, 1.54) is 0 Å². The summed E-state index contributed by atoms with van der Waals surface area (Å²) >= 11 is 0. The van der Waals surface area contributed by atoms with Gasteiger partial charge in [-0.1, -0.05) is 49.4 Å². The number of nitrogens with zero attached hydrogens (tertiary/aromatic N) is 3. The van der Waals surface area contributed by atoms with E-state index in [9.17, 15) is 19.5 Å². The van der Waals surface area contributed by atoms with E-state index < -0.39 is 12.0 Å². The quantitative estimate of drug-likeness (QED) is 0.358. The van der Waals surface area contributed by atoms with E-state index in [1.54, 1.807) is 21.9 Å². The highest BCUT2D eigenvalue weighted by Gasteiger charge is 2.43. The summed E-state index contributed by atoms with van der Waals surface area (Å²) in [6, 6.07) is 22.4. The molecule has 2 aliphatic heterocycles. The zero-order valence-electron chi connectivity index (χ0n) is 22.4. The lowest BCUT2D eigenvalue weighted by molar-refractivity contribution is -0.157. The molecule has 8 heteroatoms. The van der Waals surface area contributed by atoms with E-state index >= 15 is 0 Å². The minimum absolute atomic E-state index is 0.00809. The van der Waals surface area contributed by atoms with Crippen molar-refractivity contribution in [2.45, 2.75) is 45.5 Å². The normalized spacial score (nSPS) is 16.7. The number of amides is 2. The smallest absolute Gasteiger partial charge is 0.335 e. The number of hydrogen-bond acceptors (Lipinski definition) is 4. The summed E-state index contributed by atoms with van der Waals surface area (Å²) < 4.78 is 8.33. The van der Waals surface area contributed by atoms with Crippen molar-refractivity contribution in [2.24, 2.45) is 0 Å². The monoisotopic (exact) mass is 537 g/mol. The first-order valence-corrected chi connectivity index (χ1v) is 13.6. The van der Waals surface area contributed by atoms with Crippen LogP contribution in [0.2, 0.25) is 0 Å². The fourth-order valence-electron chi connectivity index (χ4n) is 5.87. The van der Waals surface area contributed by atoms with Crippen LogP contribution < -0.4 is 4.74 Å². The number of rotatable bonds is 8. The van der Waals surface area contributed by atoms with Gasteiger partial charge in [-0.3, -0.25) is 9.59 Å². The molecule has 204 valence electrons. The lowest BCUT2D eigenvalue weighted by atomic mass is 9.93. The van der Waals surface area contributed by atoms with Crippen molar-refractivity contribution in [1.29, 1.82) is 0 Å². The van der Waals surface area contributed by atoms with Gasteiger partial charge in [-0.05, 0) is 53.4 Å². The summed E-state index contributed by atoms with van der Waals surface area (Å²) in [5.41, 5.74) is 5.31. The second-order valence-electron chi connectivity index (χ2n) is 10.5. The second kappa shape index (κ2) is 10.5. The van der Waals surface area contributed by atoms with Gasteiger partial charge in [0.15, 0.2) is 0 Å². The molecular formula is C32H31N3O5. The lowest BCUT2D eigenvalue weighted by Crippen LogP contribution is -2.61. The lowest BCUT2D eigenvalue weighted by Gasteiger charge is -2.43. The summed E-state index contributed by atoms with van der Waals surface area (Å²) in [6.07, 6.45) is 1.25. The molecule has 4 aromatic rings. The molecule has 0 bridgehead atoms. The molecule has 1 unspecified atom stereocenters. The molecule has 1 N–H and O–H groups in total. The molecule has 2 aliphatic rings. The Morgan fingerprint density at radius 3 is 2.48 bits per heavy atom.